The molecule has 0 saturated carbocycles. The Hall–Kier alpha value is -3.72. The summed E-state index contributed by atoms with van der Waals surface area (Å²) in [6.07, 6.45) is 5.63. The Morgan fingerprint density at radius 1 is 1.08 bits per heavy atom. The number of nitrogens with zero attached hydrogens (tertiary/aromatic N) is 5. The monoisotopic (exact) mass is 503 g/mol. The summed E-state index contributed by atoms with van der Waals surface area (Å²) in [5, 5.41) is 0. The van der Waals surface area contributed by atoms with Crippen molar-refractivity contribution in [3.63, 3.8) is 0 Å². The Balaban J connectivity index is 1.20. The van der Waals surface area contributed by atoms with Gasteiger partial charge in [-0.1, -0.05) is 12.1 Å². The molecule has 0 radical (unpaired) electrons. The Kier molecular flexibility index (Phi) is 6.16. The second-order valence-electron chi connectivity index (χ2n) is 9.87. The zero-order chi connectivity index (χ0) is 25.5. The number of benzene rings is 2. The molecule has 1 amide bonds. The van der Waals surface area contributed by atoms with Gasteiger partial charge in [-0.25, -0.2) is 18.7 Å². The Morgan fingerprint density at radius 2 is 1.92 bits per heavy atom. The third-order valence-corrected chi connectivity index (χ3v) is 7.51. The first kappa shape index (κ1) is 23.7. The number of methoxy groups -OCH3 is 1. The van der Waals surface area contributed by atoms with E-state index >= 15 is 0 Å². The van der Waals surface area contributed by atoms with Gasteiger partial charge in [-0.15, -0.1) is 0 Å². The molecule has 2 aromatic carbocycles. The molecule has 1 aromatic heterocycles. The number of hydrogen-bond donors (Lipinski definition) is 0. The van der Waals surface area contributed by atoms with Crippen molar-refractivity contribution in [1.29, 1.82) is 0 Å². The van der Waals surface area contributed by atoms with Crippen LogP contribution in [0.15, 0.2) is 47.7 Å². The highest BCUT2D eigenvalue weighted by Gasteiger charge is 2.33. The second-order valence-corrected chi connectivity index (χ2v) is 9.87. The quantitative estimate of drug-likeness (QED) is 0.532. The number of carbonyl (C=O) groups is 1. The number of aromatic nitrogens is 2. The number of aliphatic imine (C=N–C) groups is 1. The van der Waals surface area contributed by atoms with Crippen molar-refractivity contribution in [3.05, 3.63) is 87.7 Å². The number of hydrogen-bond acceptors (Lipinski definition) is 6. The first-order chi connectivity index (χ1) is 18.0. The van der Waals surface area contributed by atoms with Gasteiger partial charge in [0.1, 0.15) is 11.6 Å². The van der Waals surface area contributed by atoms with Crippen molar-refractivity contribution < 1.29 is 18.3 Å². The molecule has 7 nitrogen and oxygen atoms in total. The average Bonchev–Trinajstić information content (AvgIpc) is 3.31. The van der Waals surface area contributed by atoms with E-state index in [1.165, 1.54) is 19.2 Å². The lowest BCUT2D eigenvalue weighted by atomic mass is 9.90. The van der Waals surface area contributed by atoms with Crippen molar-refractivity contribution in [1.82, 2.24) is 19.8 Å². The van der Waals surface area contributed by atoms with Crippen molar-refractivity contribution in [2.75, 3.05) is 20.2 Å². The molecule has 1 saturated heterocycles. The van der Waals surface area contributed by atoms with Crippen LogP contribution in [0, 0.1) is 11.6 Å². The van der Waals surface area contributed by atoms with E-state index in [4.69, 9.17) is 9.73 Å². The summed E-state index contributed by atoms with van der Waals surface area (Å²) in [6, 6.07) is 8.36. The van der Waals surface area contributed by atoms with Crippen molar-refractivity contribution >= 4 is 11.6 Å². The van der Waals surface area contributed by atoms with Gasteiger partial charge < -0.3 is 9.64 Å². The SMILES string of the molecule is COc1ncc(C2=NCc3cc4c(cc32)CN([C@@H]2CCCN(Cc3ccc(F)cc3F)C2)C(=O)C4)cn1. The third kappa shape index (κ3) is 4.59. The normalized spacial score (nSPS) is 19.4. The van der Waals surface area contributed by atoms with Crippen LogP contribution in [0.3, 0.4) is 0 Å². The van der Waals surface area contributed by atoms with Crippen LogP contribution >= 0.6 is 0 Å². The Labute approximate surface area is 213 Å². The van der Waals surface area contributed by atoms with E-state index in [-0.39, 0.29) is 11.9 Å². The number of fused-ring (bicyclic) bond motifs is 2. The fourth-order valence-corrected chi connectivity index (χ4v) is 5.63. The molecule has 0 bridgehead atoms. The molecule has 3 aliphatic rings. The number of piperidine rings is 1. The van der Waals surface area contributed by atoms with Crippen molar-refractivity contribution in [3.8, 4) is 6.01 Å². The maximum absolute atomic E-state index is 14.2. The van der Waals surface area contributed by atoms with Crippen LogP contribution in [0.5, 0.6) is 6.01 Å². The molecule has 6 rings (SSSR count). The average molecular weight is 504 g/mol. The van der Waals surface area contributed by atoms with Gasteiger partial charge in [-0.05, 0) is 48.2 Å². The Morgan fingerprint density at radius 3 is 2.70 bits per heavy atom. The van der Waals surface area contributed by atoms with Crippen LogP contribution in [0.1, 0.15) is 46.2 Å². The molecule has 9 heteroatoms. The van der Waals surface area contributed by atoms with Gasteiger partial charge in [0.05, 0.1) is 25.8 Å². The molecule has 0 unspecified atom stereocenters. The van der Waals surface area contributed by atoms with Crippen LogP contribution in [-0.2, 0) is 30.8 Å². The largest absolute Gasteiger partial charge is 0.467 e. The van der Waals surface area contributed by atoms with E-state index < -0.39 is 11.6 Å². The molecule has 0 N–H and O–H groups in total. The second kappa shape index (κ2) is 9.63. The van der Waals surface area contributed by atoms with Crippen LogP contribution in [0.4, 0.5) is 8.78 Å². The molecule has 37 heavy (non-hydrogen) atoms. The number of rotatable bonds is 5. The predicted molar refractivity (Wildman–Crippen MR) is 133 cm³/mol. The number of likely N-dealkylation sites (tertiary alicyclic amines) is 1. The molecular weight excluding hydrogens is 476 g/mol. The fraction of sp³-hybridized carbons (Fsp3) is 0.357. The van der Waals surface area contributed by atoms with Crippen LogP contribution in [-0.4, -0.2) is 57.6 Å². The topological polar surface area (TPSA) is 70.9 Å². The summed E-state index contributed by atoms with van der Waals surface area (Å²) in [5.74, 6) is -0.983. The maximum atomic E-state index is 14.2. The van der Waals surface area contributed by atoms with E-state index in [1.54, 1.807) is 12.4 Å². The minimum atomic E-state index is -0.574. The molecule has 1 fully saturated rings. The lowest BCUT2D eigenvalue weighted by Gasteiger charge is -2.41. The van der Waals surface area contributed by atoms with Gasteiger partial charge >= 0.3 is 6.01 Å². The predicted octanol–water partition coefficient (Wildman–Crippen LogP) is 3.66. The minimum Gasteiger partial charge on any atom is -0.467 e. The lowest BCUT2D eigenvalue weighted by Crippen LogP contribution is -2.51. The first-order valence-electron chi connectivity index (χ1n) is 12.5. The van der Waals surface area contributed by atoms with Crippen LogP contribution in [0.2, 0.25) is 0 Å². The molecule has 3 aromatic rings. The standard InChI is InChI=1S/C28H27F2N5O2/c1-37-28-32-12-21(13-33-28)27-24-8-20-15-35(26(36)9-18(20)7-19(24)11-31-27)23-3-2-6-34(16-23)14-17-4-5-22(29)10-25(17)30/h4-5,7-8,10,12-13,23H,2-3,6,9,11,14-16H2,1H3/t23-/m1/s1. The van der Waals surface area contributed by atoms with Crippen molar-refractivity contribution in [2.24, 2.45) is 4.99 Å². The minimum absolute atomic E-state index is 0.0503. The molecular formula is C28H27F2N5O2. The fourth-order valence-electron chi connectivity index (χ4n) is 5.63. The molecule has 0 aliphatic carbocycles. The highest BCUT2D eigenvalue weighted by molar-refractivity contribution is 6.15. The summed E-state index contributed by atoms with van der Waals surface area (Å²) < 4.78 is 32.6. The molecule has 190 valence electrons. The van der Waals surface area contributed by atoms with Crippen molar-refractivity contribution in [2.45, 2.75) is 44.9 Å². The number of carbonyl (C=O) groups excluding carboxylic acids is 1. The van der Waals surface area contributed by atoms with Gasteiger partial charge in [-0.3, -0.25) is 14.7 Å². The Bertz CT molecular complexity index is 1390. The summed E-state index contributed by atoms with van der Waals surface area (Å²) in [5.41, 5.74) is 6.51. The van der Waals surface area contributed by atoms with E-state index in [0.29, 0.717) is 44.2 Å². The maximum Gasteiger partial charge on any atom is 0.316 e. The number of ether oxygens (including phenoxy) is 1. The van der Waals surface area contributed by atoms with Gasteiger partial charge in [0, 0.05) is 60.8 Å². The molecule has 4 heterocycles. The molecule has 3 aliphatic heterocycles. The molecule has 1 atom stereocenters. The third-order valence-electron chi connectivity index (χ3n) is 7.51. The lowest BCUT2D eigenvalue weighted by molar-refractivity contribution is -0.135. The van der Waals surface area contributed by atoms with Gasteiger partial charge in [0.25, 0.3) is 0 Å². The molecule has 0 spiro atoms. The number of halogens is 2. The zero-order valence-corrected chi connectivity index (χ0v) is 20.6. The van der Waals surface area contributed by atoms with Crippen LogP contribution in [0.25, 0.3) is 0 Å². The van der Waals surface area contributed by atoms with E-state index in [1.807, 2.05) is 4.90 Å². The van der Waals surface area contributed by atoms with E-state index in [9.17, 15) is 13.6 Å². The zero-order valence-electron chi connectivity index (χ0n) is 20.6. The van der Waals surface area contributed by atoms with Gasteiger partial charge in [0.2, 0.25) is 5.91 Å². The smallest absolute Gasteiger partial charge is 0.316 e. The van der Waals surface area contributed by atoms with Gasteiger partial charge in [-0.2, -0.15) is 0 Å². The van der Waals surface area contributed by atoms with Gasteiger partial charge in [0.15, 0.2) is 0 Å². The van der Waals surface area contributed by atoms with Crippen LogP contribution < -0.4 is 4.74 Å². The summed E-state index contributed by atoms with van der Waals surface area (Å²) >= 11 is 0. The number of amides is 1. The summed E-state index contributed by atoms with van der Waals surface area (Å²) in [4.78, 5) is 30.5. The summed E-state index contributed by atoms with van der Waals surface area (Å²) in [7, 11) is 1.53. The summed E-state index contributed by atoms with van der Waals surface area (Å²) in [6.45, 7) is 3.00. The van der Waals surface area contributed by atoms with E-state index in [2.05, 4.69) is 27.0 Å². The van der Waals surface area contributed by atoms with E-state index in [0.717, 1.165) is 59.0 Å². The highest BCUT2D eigenvalue weighted by atomic mass is 19.1. The first-order valence-corrected chi connectivity index (χ1v) is 12.5. The highest BCUT2D eigenvalue weighted by Crippen LogP contribution is 2.32.